The second-order valence-electron chi connectivity index (χ2n) is 12.5. The molecule has 0 amide bonds. The van der Waals surface area contributed by atoms with Gasteiger partial charge in [0.15, 0.2) is 0 Å². The van der Waals surface area contributed by atoms with Crippen molar-refractivity contribution in [2.24, 2.45) is 34.5 Å². The van der Waals surface area contributed by atoms with Crippen LogP contribution in [-0.2, 0) is 20.9 Å². The lowest BCUT2D eigenvalue weighted by molar-refractivity contribution is -0.204. The van der Waals surface area contributed by atoms with Crippen molar-refractivity contribution in [2.75, 3.05) is 0 Å². The second kappa shape index (κ2) is 7.93. The topological polar surface area (TPSA) is 55.8 Å². The summed E-state index contributed by atoms with van der Waals surface area (Å²) in [6.45, 7) is 7.55. The SMILES string of the molecule is C[C@@H]1CC(=O)O[C@]12CC[C@H]1[C@@H]3CC=C4C[C@@H](OCc5ccccc5)CC[C@]4(C)[C@H]3C[C@@H](O)[C@@]12C. The number of esters is 1. The molecule has 0 unspecified atom stereocenters. The van der Waals surface area contributed by atoms with E-state index in [1.165, 1.54) is 5.56 Å². The maximum Gasteiger partial charge on any atom is 0.306 e. The van der Waals surface area contributed by atoms with Crippen molar-refractivity contribution >= 4 is 5.97 Å². The Morgan fingerprint density at radius 3 is 2.62 bits per heavy atom. The molecule has 4 fully saturated rings. The normalized spacial score (nSPS) is 47.5. The number of ether oxygens (including phenoxy) is 2. The molecule has 1 spiro atoms. The van der Waals surface area contributed by atoms with Gasteiger partial charge in [-0.05, 0) is 73.7 Å². The molecule has 0 radical (unpaired) electrons. The molecule has 1 aromatic rings. The van der Waals surface area contributed by atoms with Gasteiger partial charge in [-0.15, -0.1) is 0 Å². The van der Waals surface area contributed by atoms with Gasteiger partial charge in [0.25, 0.3) is 0 Å². The first-order valence-electron chi connectivity index (χ1n) is 13.5. The summed E-state index contributed by atoms with van der Waals surface area (Å²) in [5, 5.41) is 11.7. The molecule has 1 heterocycles. The van der Waals surface area contributed by atoms with Crippen LogP contribution in [0.3, 0.4) is 0 Å². The van der Waals surface area contributed by atoms with Crippen LogP contribution < -0.4 is 0 Å². The Bertz CT molecular complexity index is 987. The Labute approximate surface area is 204 Å². The number of hydrogen-bond donors (Lipinski definition) is 1. The van der Waals surface area contributed by atoms with Gasteiger partial charge in [-0.3, -0.25) is 4.79 Å². The molecule has 9 atom stereocenters. The van der Waals surface area contributed by atoms with E-state index >= 15 is 0 Å². The first kappa shape index (κ1) is 22.8. The highest BCUT2D eigenvalue weighted by Crippen LogP contribution is 2.70. The van der Waals surface area contributed by atoms with E-state index in [0.29, 0.717) is 30.8 Å². The predicted molar refractivity (Wildman–Crippen MR) is 131 cm³/mol. The smallest absolute Gasteiger partial charge is 0.306 e. The molecule has 1 aromatic carbocycles. The molecule has 4 nitrogen and oxygen atoms in total. The average Bonchev–Trinajstić information content (AvgIpc) is 3.30. The molecule has 6 rings (SSSR count). The number of rotatable bonds is 3. The van der Waals surface area contributed by atoms with Crippen molar-refractivity contribution in [3.05, 3.63) is 47.5 Å². The summed E-state index contributed by atoms with van der Waals surface area (Å²) in [6, 6.07) is 10.5. The molecule has 0 aromatic heterocycles. The number of aliphatic hydroxyl groups is 1. The Balaban J connectivity index is 1.23. The van der Waals surface area contributed by atoms with Crippen LogP contribution >= 0.6 is 0 Å². The Morgan fingerprint density at radius 2 is 1.88 bits per heavy atom. The Hall–Kier alpha value is -1.65. The van der Waals surface area contributed by atoms with Crippen LogP contribution in [0, 0.1) is 34.5 Å². The summed E-state index contributed by atoms with van der Waals surface area (Å²) in [4.78, 5) is 12.3. The molecule has 1 saturated heterocycles. The van der Waals surface area contributed by atoms with Crippen LogP contribution in [-0.4, -0.2) is 28.9 Å². The fourth-order valence-electron chi connectivity index (χ4n) is 9.29. The highest BCUT2D eigenvalue weighted by atomic mass is 16.6. The molecule has 1 aliphatic heterocycles. The van der Waals surface area contributed by atoms with E-state index in [0.717, 1.165) is 44.9 Å². The minimum absolute atomic E-state index is 0.0738. The van der Waals surface area contributed by atoms with Crippen molar-refractivity contribution in [2.45, 2.75) is 96.6 Å². The van der Waals surface area contributed by atoms with Gasteiger partial charge in [-0.2, -0.15) is 0 Å². The first-order chi connectivity index (χ1) is 16.3. The molecular weight excluding hydrogens is 424 g/mol. The predicted octanol–water partition coefficient (Wildman–Crippen LogP) is 5.83. The third kappa shape index (κ3) is 3.07. The largest absolute Gasteiger partial charge is 0.458 e. The quantitative estimate of drug-likeness (QED) is 0.452. The van der Waals surface area contributed by atoms with Crippen molar-refractivity contribution in [3.8, 4) is 0 Å². The maximum absolute atomic E-state index is 12.3. The van der Waals surface area contributed by atoms with Crippen LogP contribution in [0.4, 0.5) is 0 Å². The third-order valence-corrected chi connectivity index (χ3v) is 11.2. The van der Waals surface area contributed by atoms with Gasteiger partial charge in [0.05, 0.1) is 25.2 Å². The summed E-state index contributed by atoms with van der Waals surface area (Å²) >= 11 is 0. The number of carbonyl (C=O) groups excluding carboxylic acids is 1. The van der Waals surface area contributed by atoms with E-state index in [9.17, 15) is 9.90 Å². The van der Waals surface area contributed by atoms with Crippen molar-refractivity contribution in [3.63, 3.8) is 0 Å². The number of allylic oxidation sites excluding steroid dienone is 1. The molecule has 4 heteroatoms. The zero-order valence-corrected chi connectivity index (χ0v) is 21.0. The van der Waals surface area contributed by atoms with Gasteiger partial charge in [0, 0.05) is 11.3 Å². The second-order valence-corrected chi connectivity index (χ2v) is 12.5. The van der Waals surface area contributed by atoms with Gasteiger partial charge in [0.1, 0.15) is 5.60 Å². The number of carbonyl (C=O) groups is 1. The summed E-state index contributed by atoms with van der Waals surface area (Å²) in [5.41, 5.74) is 2.12. The van der Waals surface area contributed by atoms with E-state index in [2.05, 4.69) is 51.1 Å². The lowest BCUT2D eigenvalue weighted by Crippen LogP contribution is -2.62. The molecular formula is C30H40O4. The van der Waals surface area contributed by atoms with Gasteiger partial charge in [-0.25, -0.2) is 0 Å². The van der Waals surface area contributed by atoms with Crippen LogP contribution in [0.15, 0.2) is 42.0 Å². The lowest BCUT2D eigenvalue weighted by Gasteiger charge is -2.61. The van der Waals surface area contributed by atoms with Gasteiger partial charge in [0.2, 0.25) is 0 Å². The standard InChI is InChI=1S/C30H40O4/c1-19-15-27(32)34-30(19)14-12-24-23-10-9-21-16-22(33-18-20-7-5-4-6-8-20)11-13-28(21,2)25(23)17-26(31)29(24,30)3/h4-9,19,22-26,31H,10-18H2,1-3H3/t19-,22+,23+,24+,25+,26-,28+,29-,30-/m1/s1. The van der Waals surface area contributed by atoms with Crippen LogP contribution in [0.2, 0.25) is 0 Å². The van der Waals surface area contributed by atoms with Crippen LogP contribution in [0.5, 0.6) is 0 Å². The zero-order valence-electron chi connectivity index (χ0n) is 21.0. The highest BCUT2D eigenvalue weighted by molar-refractivity contribution is 5.73. The molecule has 3 saturated carbocycles. The fourth-order valence-corrected chi connectivity index (χ4v) is 9.29. The van der Waals surface area contributed by atoms with Gasteiger partial charge in [-0.1, -0.05) is 62.8 Å². The maximum atomic E-state index is 12.3. The number of aliphatic hydroxyl groups excluding tert-OH is 1. The average molecular weight is 465 g/mol. The minimum atomic E-state index is -0.479. The number of hydrogen-bond acceptors (Lipinski definition) is 4. The molecule has 4 aliphatic carbocycles. The molecule has 1 N–H and O–H groups in total. The monoisotopic (exact) mass is 464 g/mol. The molecule has 34 heavy (non-hydrogen) atoms. The summed E-state index contributed by atoms with van der Waals surface area (Å²) in [5.74, 6) is 1.59. The van der Waals surface area contributed by atoms with E-state index in [1.807, 2.05) is 6.07 Å². The Morgan fingerprint density at radius 1 is 1.09 bits per heavy atom. The van der Waals surface area contributed by atoms with Crippen molar-refractivity contribution < 1.29 is 19.4 Å². The van der Waals surface area contributed by atoms with E-state index in [-0.39, 0.29) is 28.8 Å². The van der Waals surface area contributed by atoms with Crippen LogP contribution in [0.25, 0.3) is 0 Å². The van der Waals surface area contributed by atoms with Crippen molar-refractivity contribution in [1.29, 1.82) is 0 Å². The van der Waals surface area contributed by atoms with Gasteiger partial charge < -0.3 is 14.6 Å². The molecule has 5 aliphatic rings. The minimum Gasteiger partial charge on any atom is -0.458 e. The number of fused-ring (bicyclic) bond motifs is 6. The Kier molecular flexibility index (Phi) is 5.31. The summed E-state index contributed by atoms with van der Waals surface area (Å²) in [7, 11) is 0. The zero-order chi connectivity index (χ0) is 23.7. The van der Waals surface area contributed by atoms with E-state index < -0.39 is 11.7 Å². The van der Waals surface area contributed by atoms with Crippen molar-refractivity contribution in [1.82, 2.24) is 0 Å². The summed E-state index contributed by atoms with van der Waals surface area (Å²) in [6.07, 6.45) is 10.0. The first-order valence-corrected chi connectivity index (χ1v) is 13.5. The summed E-state index contributed by atoms with van der Waals surface area (Å²) < 4.78 is 12.5. The number of benzene rings is 1. The fraction of sp³-hybridized carbons (Fsp3) is 0.700. The highest BCUT2D eigenvalue weighted by Gasteiger charge is 2.72. The molecule has 0 bridgehead atoms. The molecule has 184 valence electrons. The van der Waals surface area contributed by atoms with E-state index in [4.69, 9.17) is 9.47 Å². The van der Waals surface area contributed by atoms with Gasteiger partial charge >= 0.3 is 5.97 Å². The third-order valence-electron chi connectivity index (χ3n) is 11.2. The lowest BCUT2D eigenvalue weighted by atomic mass is 9.45. The van der Waals surface area contributed by atoms with E-state index in [1.54, 1.807) is 5.57 Å². The van der Waals surface area contributed by atoms with Crippen LogP contribution in [0.1, 0.15) is 77.7 Å².